The lowest BCUT2D eigenvalue weighted by Crippen LogP contribution is -2.44. The number of epoxide rings is 1. The highest BCUT2D eigenvalue weighted by atomic mass is 35.5. The minimum Gasteiger partial charge on any atom is -0.444 e. The van der Waals surface area contributed by atoms with Gasteiger partial charge in [-0.25, -0.2) is 4.79 Å². The normalized spacial score (nSPS) is 26.3. The molecule has 2 atom stereocenters. The molecular formula is C17H23ClN2O4. The lowest BCUT2D eigenvalue weighted by atomic mass is 10.0. The summed E-state index contributed by atoms with van der Waals surface area (Å²) in [6.07, 6.45) is 1.99. The Morgan fingerprint density at radius 3 is 2.75 bits per heavy atom. The maximum Gasteiger partial charge on any atom is 0.410 e. The van der Waals surface area contributed by atoms with Gasteiger partial charge in [0.25, 0.3) is 0 Å². The maximum absolute atomic E-state index is 12.4. The quantitative estimate of drug-likeness (QED) is 0.679. The van der Waals surface area contributed by atoms with Crippen molar-refractivity contribution in [2.45, 2.75) is 58.5 Å². The number of ether oxygens (including phenoxy) is 2. The number of halogens is 1. The minimum atomic E-state index is -0.547. The molecule has 3 aliphatic rings. The van der Waals surface area contributed by atoms with Crippen molar-refractivity contribution in [1.29, 1.82) is 0 Å². The van der Waals surface area contributed by atoms with Crippen LogP contribution in [0.15, 0.2) is 22.4 Å². The first kappa shape index (κ1) is 17.3. The fourth-order valence-corrected chi connectivity index (χ4v) is 3.31. The van der Waals surface area contributed by atoms with Gasteiger partial charge in [0.2, 0.25) is 5.91 Å². The summed E-state index contributed by atoms with van der Waals surface area (Å²) >= 11 is 6.44. The molecule has 3 heterocycles. The molecule has 0 aromatic carbocycles. The van der Waals surface area contributed by atoms with E-state index in [0.29, 0.717) is 31.0 Å². The number of hydrogen-bond acceptors (Lipinski definition) is 4. The van der Waals surface area contributed by atoms with Gasteiger partial charge in [-0.2, -0.15) is 0 Å². The van der Waals surface area contributed by atoms with Gasteiger partial charge in [0.05, 0.1) is 6.54 Å². The van der Waals surface area contributed by atoms with E-state index in [-0.39, 0.29) is 24.3 Å². The smallest absolute Gasteiger partial charge is 0.410 e. The largest absolute Gasteiger partial charge is 0.444 e. The first-order valence-corrected chi connectivity index (χ1v) is 8.64. The highest BCUT2D eigenvalue weighted by Crippen LogP contribution is 2.41. The van der Waals surface area contributed by atoms with E-state index in [1.165, 1.54) is 0 Å². The zero-order valence-corrected chi connectivity index (χ0v) is 15.2. The van der Waals surface area contributed by atoms with E-state index in [1.807, 2.05) is 33.8 Å². The second-order valence-electron chi connectivity index (χ2n) is 7.20. The fraction of sp³-hybridized carbons (Fsp3) is 0.647. The molecular weight excluding hydrogens is 332 g/mol. The molecule has 2 amide bonds. The van der Waals surface area contributed by atoms with E-state index in [0.717, 1.165) is 11.3 Å². The van der Waals surface area contributed by atoms with Gasteiger partial charge in [-0.05, 0) is 26.8 Å². The van der Waals surface area contributed by atoms with Crippen molar-refractivity contribution < 1.29 is 19.1 Å². The average molecular weight is 355 g/mol. The van der Waals surface area contributed by atoms with Crippen LogP contribution in [0.2, 0.25) is 0 Å². The summed E-state index contributed by atoms with van der Waals surface area (Å²) in [5.74, 6) is 0.0143. The topological polar surface area (TPSA) is 62.4 Å². The summed E-state index contributed by atoms with van der Waals surface area (Å²) in [6.45, 7) is 8.17. The van der Waals surface area contributed by atoms with Gasteiger partial charge in [-0.3, -0.25) is 9.69 Å². The van der Waals surface area contributed by atoms with Crippen LogP contribution in [0.4, 0.5) is 4.79 Å². The van der Waals surface area contributed by atoms with Crippen molar-refractivity contribution in [3.05, 3.63) is 22.4 Å². The van der Waals surface area contributed by atoms with Crippen LogP contribution in [0.1, 0.15) is 40.5 Å². The van der Waals surface area contributed by atoms with Gasteiger partial charge >= 0.3 is 6.09 Å². The first-order chi connectivity index (χ1) is 11.2. The molecule has 1 saturated heterocycles. The van der Waals surface area contributed by atoms with Gasteiger partial charge in [-0.15, -0.1) is 0 Å². The third kappa shape index (κ3) is 3.30. The maximum atomic E-state index is 12.4. The highest BCUT2D eigenvalue weighted by molar-refractivity contribution is 6.32. The van der Waals surface area contributed by atoms with E-state index in [9.17, 15) is 9.59 Å². The number of nitrogens with zero attached hydrogens (tertiary/aromatic N) is 2. The van der Waals surface area contributed by atoms with Crippen LogP contribution in [0.5, 0.6) is 0 Å². The van der Waals surface area contributed by atoms with Gasteiger partial charge < -0.3 is 14.4 Å². The summed E-state index contributed by atoms with van der Waals surface area (Å²) < 4.78 is 11.0. The summed E-state index contributed by atoms with van der Waals surface area (Å²) in [6, 6.07) is 0. The number of rotatable bonds is 1. The number of carbonyl (C=O) groups is 2. The Bertz CT molecular complexity index is 635. The first-order valence-electron chi connectivity index (χ1n) is 8.26. The molecule has 24 heavy (non-hydrogen) atoms. The fourth-order valence-electron chi connectivity index (χ4n) is 3.02. The van der Waals surface area contributed by atoms with Crippen LogP contribution in [0, 0.1) is 0 Å². The molecule has 7 heteroatoms. The Kier molecular flexibility index (Phi) is 4.38. The third-order valence-electron chi connectivity index (χ3n) is 4.18. The van der Waals surface area contributed by atoms with Crippen molar-refractivity contribution in [2.24, 2.45) is 0 Å². The van der Waals surface area contributed by atoms with Crippen LogP contribution >= 0.6 is 11.6 Å². The summed E-state index contributed by atoms with van der Waals surface area (Å²) in [4.78, 5) is 28.1. The SMILES string of the molecule is CCC(=O)N1C2=C(CN(C(=O)OC(C)(C)C)CC2)C(Cl)=CC2OC21. The monoisotopic (exact) mass is 354 g/mol. The standard InChI is InChI=1S/C17H23ClN2O4/c1-5-14(21)20-12-6-7-19(16(22)24-17(2,3)4)9-10(12)11(18)8-13-15(20)23-13/h8,13,15H,5-7,9H2,1-4H3. The van der Waals surface area contributed by atoms with Gasteiger partial charge in [0.15, 0.2) is 6.23 Å². The second kappa shape index (κ2) is 6.08. The third-order valence-corrected chi connectivity index (χ3v) is 4.54. The molecule has 0 aliphatic carbocycles. The molecule has 0 bridgehead atoms. The second-order valence-corrected chi connectivity index (χ2v) is 7.61. The number of amides is 2. The lowest BCUT2D eigenvalue weighted by molar-refractivity contribution is -0.131. The minimum absolute atomic E-state index is 0.0143. The molecule has 0 radical (unpaired) electrons. The molecule has 0 saturated carbocycles. The summed E-state index contributed by atoms with van der Waals surface area (Å²) in [5, 5.41) is 0.553. The molecule has 3 aliphatic heterocycles. The van der Waals surface area contributed by atoms with Crippen molar-refractivity contribution in [1.82, 2.24) is 9.80 Å². The Labute approximate surface area is 147 Å². The zero-order chi connectivity index (χ0) is 17.6. The van der Waals surface area contributed by atoms with E-state index in [1.54, 1.807) is 9.80 Å². The van der Waals surface area contributed by atoms with Crippen molar-refractivity contribution in [3.8, 4) is 0 Å². The molecule has 132 valence electrons. The molecule has 0 N–H and O–H groups in total. The van der Waals surface area contributed by atoms with Crippen molar-refractivity contribution in [3.63, 3.8) is 0 Å². The molecule has 0 spiro atoms. The molecule has 2 unspecified atom stereocenters. The Morgan fingerprint density at radius 1 is 1.42 bits per heavy atom. The van der Waals surface area contributed by atoms with Crippen molar-refractivity contribution in [2.75, 3.05) is 13.1 Å². The molecule has 0 aromatic heterocycles. The molecule has 0 aromatic rings. The van der Waals surface area contributed by atoms with Crippen LogP contribution in [0.3, 0.4) is 0 Å². The number of fused-ring (bicyclic) bond motifs is 1. The van der Waals surface area contributed by atoms with E-state index >= 15 is 0 Å². The molecule has 6 nitrogen and oxygen atoms in total. The Hall–Kier alpha value is -1.53. The van der Waals surface area contributed by atoms with Crippen LogP contribution in [-0.4, -0.2) is 52.8 Å². The predicted molar refractivity (Wildman–Crippen MR) is 89.2 cm³/mol. The van der Waals surface area contributed by atoms with Crippen LogP contribution in [0.25, 0.3) is 0 Å². The summed E-state index contributed by atoms with van der Waals surface area (Å²) in [5.41, 5.74) is 1.13. The number of carbonyl (C=O) groups excluding carboxylic acids is 2. The van der Waals surface area contributed by atoms with Gasteiger partial charge in [-0.1, -0.05) is 18.5 Å². The Balaban J connectivity index is 1.86. The van der Waals surface area contributed by atoms with Gasteiger partial charge in [0, 0.05) is 35.7 Å². The average Bonchev–Trinajstić information content (AvgIpc) is 3.24. The van der Waals surface area contributed by atoms with Gasteiger partial charge in [0.1, 0.15) is 11.7 Å². The van der Waals surface area contributed by atoms with E-state index in [4.69, 9.17) is 21.1 Å². The van der Waals surface area contributed by atoms with Crippen LogP contribution in [-0.2, 0) is 14.3 Å². The highest BCUT2D eigenvalue weighted by Gasteiger charge is 2.49. The van der Waals surface area contributed by atoms with E-state index in [2.05, 4.69) is 0 Å². The predicted octanol–water partition coefficient (Wildman–Crippen LogP) is 2.98. The molecule has 3 rings (SSSR count). The number of hydrogen-bond donors (Lipinski definition) is 0. The lowest BCUT2D eigenvalue weighted by Gasteiger charge is -2.35. The van der Waals surface area contributed by atoms with E-state index < -0.39 is 5.60 Å². The van der Waals surface area contributed by atoms with Crippen LogP contribution < -0.4 is 0 Å². The van der Waals surface area contributed by atoms with Crippen molar-refractivity contribution >= 4 is 23.6 Å². The summed E-state index contributed by atoms with van der Waals surface area (Å²) in [7, 11) is 0. The zero-order valence-electron chi connectivity index (χ0n) is 14.5. The Morgan fingerprint density at radius 2 is 2.12 bits per heavy atom. The molecule has 1 fully saturated rings.